The standard InChI is InChI=1S/C22H29N7O8/c23-12(5-10-8-26-13-4-2-1-3-11(10)13)19(33)27-14(6-17(24)31)20(34)28-15(7-18(25)32)21(35)29-16(9-30)22(36)37/h1-4,8,12,14-16,26,30H,5-7,9,23H2,(H2,24,31)(H2,25,32)(H,27,33)(H,28,34)(H,29,35)(H,36,37). The van der Waals surface area contributed by atoms with Gasteiger partial charge in [0.25, 0.3) is 0 Å². The number of aliphatic carboxylic acids is 1. The van der Waals surface area contributed by atoms with Crippen LogP contribution in [0.15, 0.2) is 30.5 Å². The van der Waals surface area contributed by atoms with Crippen molar-refractivity contribution in [2.45, 2.75) is 43.4 Å². The van der Waals surface area contributed by atoms with E-state index in [-0.39, 0.29) is 6.42 Å². The van der Waals surface area contributed by atoms with Crippen molar-refractivity contribution in [1.29, 1.82) is 0 Å². The number of benzene rings is 1. The van der Waals surface area contributed by atoms with Crippen LogP contribution < -0.4 is 33.2 Å². The van der Waals surface area contributed by atoms with Crippen LogP contribution in [0.4, 0.5) is 0 Å². The van der Waals surface area contributed by atoms with Crippen molar-refractivity contribution in [3.05, 3.63) is 36.0 Å². The average Bonchev–Trinajstić information content (AvgIpc) is 3.23. The largest absolute Gasteiger partial charge is 0.480 e. The molecule has 200 valence electrons. The first-order valence-electron chi connectivity index (χ1n) is 11.0. The molecule has 5 amide bonds. The zero-order valence-electron chi connectivity index (χ0n) is 19.6. The molecule has 4 atom stereocenters. The Morgan fingerprint density at radius 3 is 1.86 bits per heavy atom. The lowest BCUT2D eigenvalue weighted by molar-refractivity contribution is -0.143. The van der Waals surface area contributed by atoms with Gasteiger partial charge < -0.3 is 48.3 Å². The molecule has 0 aliphatic carbocycles. The molecular weight excluding hydrogens is 490 g/mol. The highest BCUT2D eigenvalue weighted by Gasteiger charge is 2.32. The number of primary amides is 2. The second kappa shape index (κ2) is 13.0. The summed E-state index contributed by atoms with van der Waals surface area (Å²) in [7, 11) is 0. The highest BCUT2D eigenvalue weighted by Crippen LogP contribution is 2.18. The minimum atomic E-state index is -1.72. The summed E-state index contributed by atoms with van der Waals surface area (Å²) >= 11 is 0. The second-order valence-electron chi connectivity index (χ2n) is 8.22. The van der Waals surface area contributed by atoms with Crippen LogP contribution in [-0.4, -0.2) is 81.5 Å². The summed E-state index contributed by atoms with van der Waals surface area (Å²) in [6, 6.07) is 1.23. The summed E-state index contributed by atoms with van der Waals surface area (Å²) in [6.07, 6.45) is 0.365. The number of hydrogen-bond donors (Lipinski definition) is 9. The number of rotatable bonds is 14. The molecule has 2 rings (SSSR count). The van der Waals surface area contributed by atoms with E-state index in [1.807, 2.05) is 29.6 Å². The minimum Gasteiger partial charge on any atom is -0.480 e. The quantitative estimate of drug-likeness (QED) is 0.119. The summed E-state index contributed by atoms with van der Waals surface area (Å²) in [5.74, 6) is -6.57. The summed E-state index contributed by atoms with van der Waals surface area (Å²) in [4.78, 5) is 75.1. The van der Waals surface area contributed by atoms with Gasteiger partial charge in [0.05, 0.1) is 25.5 Å². The molecule has 1 aromatic carbocycles. The minimum absolute atomic E-state index is 0.0885. The SMILES string of the molecule is NC(=O)CC(NC(=O)C(N)Cc1c[nH]c2ccccc12)C(=O)NC(CC(N)=O)C(=O)NC(CO)C(=O)O. The Hall–Kier alpha value is -4.50. The summed E-state index contributed by atoms with van der Waals surface area (Å²) < 4.78 is 0. The zero-order valence-corrected chi connectivity index (χ0v) is 19.6. The Kier molecular flexibility index (Phi) is 10.1. The Bertz CT molecular complexity index is 1180. The van der Waals surface area contributed by atoms with E-state index in [9.17, 15) is 28.8 Å². The molecule has 0 bridgehead atoms. The number of H-pyrrole nitrogens is 1. The van der Waals surface area contributed by atoms with Gasteiger partial charge in [-0.05, 0) is 18.1 Å². The van der Waals surface area contributed by atoms with E-state index in [1.165, 1.54) is 0 Å². The maximum atomic E-state index is 12.8. The number of fused-ring (bicyclic) bond motifs is 1. The molecule has 0 aliphatic heterocycles. The third-order valence-electron chi connectivity index (χ3n) is 5.33. The van der Waals surface area contributed by atoms with E-state index in [4.69, 9.17) is 27.4 Å². The van der Waals surface area contributed by atoms with E-state index in [2.05, 4.69) is 15.6 Å². The van der Waals surface area contributed by atoms with Gasteiger partial charge in [-0.2, -0.15) is 0 Å². The van der Waals surface area contributed by atoms with Gasteiger partial charge in [-0.1, -0.05) is 18.2 Å². The third-order valence-corrected chi connectivity index (χ3v) is 5.33. The number of amides is 5. The summed E-state index contributed by atoms with van der Waals surface area (Å²) in [5.41, 5.74) is 17.9. The van der Waals surface area contributed by atoms with Gasteiger partial charge >= 0.3 is 5.97 Å². The number of carbonyl (C=O) groups is 6. The Balaban J connectivity index is 2.13. The van der Waals surface area contributed by atoms with Crippen LogP contribution >= 0.6 is 0 Å². The predicted molar refractivity (Wildman–Crippen MR) is 128 cm³/mol. The van der Waals surface area contributed by atoms with Crippen molar-refractivity contribution < 1.29 is 39.0 Å². The number of aliphatic hydroxyl groups is 1. The van der Waals surface area contributed by atoms with Gasteiger partial charge in [0.15, 0.2) is 0 Å². The number of hydrogen-bond acceptors (Lipinski definition) is 8. The Labute approximate surface area is 210 Å². The van der Waals surface area contributed by atoms with Gasteiger partial charge in [-0.25, -0.2) is 4.79 Å². The number of para-hydroxylation sites is 1. The van der Waals surface area contributed by atoms with Crippen molar-refractivity contribution in [1.82, 2.24) is 20.9 Å². The van der Waals surface area contributed by atoms with Gasteiger partial charge in [-0.15, -0.1) is 0 Å². The third kappa shape index (κ3) is 8.29. The number of carboxylic acid groups (broad SMARTS) is 1. The summed E-state index contributed by atoms with van der Waals surface area (Å²) in [6.45, 7) is -0.965. The van der Waals surface area contributed by atoms with Crippen molar-refractivity contribution in [3.8, 4) is 0 Å². The molecule has 1 heterocycles. The molecule has 0 spiro atoms. The normalized spacial score (nSPS) is 14.1. The predicted octanol–water partition coefficient (Wildman–Crippen LogP) is -3.68. The van der Waals surface area contributed by atoms with Gasteiger partial charge in [-0.3, -0.25) is 24.0 Å². The van der Waals surface area contributed by atoms with Crippen molar-refractivity contribution in [3.63, 3.8) is 0 Å². The maximum Gasteiger partial charge on any atom is 0.328 e. The van der Waals surface area contributed by atoms with Crippen LogP contribution in [0.2, 0.25) is 0 Å². The number of carboxylic acids is 1. The molecule has 4 unspecified atom stereocenters. The van der Waals surface area contributed by atoms with E-state index in [0.29, 0.717) is 0 Å². The first kappa shape index (κ1) is 28.7. The molecule has 15 nitrogen and oxygen atoms in total. The van der Waals surface area contributed by atoms with Gasteiger partial charge in [0.2, 0.25) is 29.5 Å². The van der Waals surface area contributed by atoms with E-state index < -0.39 is 79.1 Å². The first-order chi connectivity index (χ1) is 17.4. The lowest BCUT2D eigenvalue weighted by atomic mass is 10.0. The van der Waals surface area contributed by atoms with Gasteiger partial charge in [0, 0.05) is 17.1 Å². The fourth-order valence-corrected chi connectivity index (χ4v) is 3.46. The van der Waals surface area contributed by atoms with Gasteiger partial charge in [0.1, 0.15) is 18.1 Å². The maximum absolute atomic E-state index is 12.8. The number of aromatic nitrogens is 1. The van der Waals surface area contributed by atoms with Crippen LogP contribution in [-0.2, 0) is 35.2 Å². The Morgan fingerprint density at radius 1 is 0.838 bits per heavy atom. The van der Waals surface area contributed by atoms with Crippen LogP contribution in [0.5, 0.6) is 0 Å². The molecule has 0 fully saturated rings. The smallest absolute Gasteiger partial charge is 0.328 e. The van der Waals surface area contributed by atoms with Crippen LogP contribution in [0, 0.1) is 0 Å². The monoisotopic (exact) mass is 519 g/mol. The molecule has 1 aromatic heterocycles. The molecule has 0 aliphatic rings. The molecule has 0 saturated carbocycles. The summed E-state index contributed by atoms with van der Waals surface area (Å²) in [5, 5.41) is 25.3. The molecule has 0 radical (unpaired) electrons. The number of nitrogens with two attached hydrogens (primary N) is 3. The fourth-order valence-electron chi connectivity index (χ4n) is 3.46. The molecule has 2 aromatic rings. The highest BCUT2D eigenvalue weighted by atomic mass is 16.4. The second-order valence-corrected chi connectivity index (χ2v) is 8.22. The number of aromatic amines is 1. The number of aliphatic hydroxyl groups excluding tert-OH is 1. The van der Waals surface area contributed by atoms with Crippen molar-refractivity contribution >= 4 is 46.4 Å². The lowest BCUT2D eigenvalue weighted by Crippen LogP contribution is -2.58. The zero-order chi connectivity index (χ0) is 27.7. The van der Waals surface area contributed by atoms with Crippen molar-refractivity contribution in [2.75, 3.05) is 6.61 Å². The molecule has 12 N–H and O–H groups in total. The van der Waals surface area contributed by atoms with E-state index >= 15 is 0 Å². The molecule has 37 heavy (non-hydrogen) atoms. The van der Waals surface area contributed by atoms with Crippen LogP contribution in [0.25, 0.3) is 10.9 Å². The van der Waals surface area contributed by atoms with E-state index in [1.54, 1.807) is 6.20 Å². The van der Waals surface area contributed by atoms with Crippen LogP contribution in [0.1, 0.15) is 18.4 Å². The van der Waals surface area contributed by atoms with E-state index in [0.717, 1.165) is 16.5 Å². The fraction of sp³-hybridized carbons (Fsp3) is 0.364. The number of nitrogens with one attached hydrogen (secondary N) is 4. The molecule has 15 heteroatoms. The first-order valence-corrected chi connectivity index (χ1v) is 11.0. The highest BCUT2D eigenvalue weighted by molar-refractivity contribution is 5.97. The molecular formula is C22H29N7O8. The Morgan fingerprint density at radius 2 is 1.35 bits per heavy atom. The number of carbonyl (C=O) groups excluding carboxylic acids is 5. The lowest BCUT2D eigenvalue weighted by Gasteiger charge is -2.24. The average molecular weight is 520 g/mol. The van der Waals surface area contributed by atoms with Crippen molar-refractivity contribution in [2.24, 2.45) is 17.2 Å². The molecule has 0 saturated heterocycles. The topological polar surface area (TPSA) is 273 Å². The van der Waals surface area contributed by atoms with Crippen LogP contribution in [0.3, 0.4) is 0 Å².